The van der Waals surface area contributed by atoms with Crippen LogP contribution in [0.2, 0.25) is 0 Å². The third kappa shape index (κ3) is 4.43. The highest BCUT2D eigenvalue weighted by atomic mass is 16.5. The normalized spacial score (nSPS) is 10.7. The molecule has 0 saturated carbocycles. The largest absolute Gasteiger partial charge is 0.493 e. The molecule has 170 valence electrons. The molecule has 0 aliphatic rings. The van der Waals surface area contributed by atoms with E-state index < -0.39 is 5.91 Å². The number of nitrogens with one attached hydrogen (secondary N) is 1. The van der Waals surface area contributed by atoms with Gasteiger partial charge >= 0.3 is 0 Å². The van der Waals surface area contributed by atoms with Gasteiger partial charge in [0, 0.05) is 32.9 Å². The molecular weight excluding hydrogens is 414 g/mol. The molecule has 10 heteroatoms. The predicted octanol–water partition coefficient (Wildman–Crippen LogP) is 2.32. The molecule has 32 heavy (non-hydrogen) atoms. The zero-order valence-electron chi connectivity index (χ0n) is 19.3. The number of aromatic nitrogens is 3. The molecule has 2 heterocycles. The van der Waals surface area contributed by atoms with Crippen molar-refractivity contribution in [2.75, 3.05) is 40.2 Å². The summed E-state index contributed by atoms with van der Waals surface area (Å²) in [7, 11) is 7.97. The number of nitrogens with zero attached hydrogens (tertiary/aromatic N) is 4. The molecule has 10 nitrogen and oxygen atoms in total. The van der Waals surface area contributed by atoms with E-state index in [1.807, 2.05) is 19.9 Å². The number of rotatable bonds is 7. The van der Waals surface area contributed by atoms with Crippen molar-refractivity contribution < 1.29 is 23.8 Å². The van der Waals surface area contributed by atoms with Crippen LogP contribution in [0.15, 0.2) is 18.2 Å². The molecule has 0 unspecified atom stereocenters. The van der Waals surface area contributed by atoms with Gasteiger partial charge in [-0.1, -0.05) is 0 Å². The summed E-state index contributed by atoms with van der Waals surface area (Å²) in [5, 5.41) is 7.82. The second-order valence-electron chi connectivity index (χ2n) is 7.50. The Kier molecular flexibility index (Phi) is 6.52. The standard InChI is InChI=1S/C22H27N5O5/c1-12-8-13(2)23-20-19(12)21(25-27(20)5)32-11-18(28)24-15-10-17(31-7)16(30-6)9-14(15)22(29)26(3)4/h8-10H,11H2,1-7H3,(H,24,28). The minimum atomic E-state index is -0.457. The van der Waals surface area contributed by atoms with E-state index in [0.29, 0.717) is 23.0 Å². The van der Waals surface area contributed by atoms with E-state index in [1.165, 1.54) is 25.2 Å². The lowest BCUT2D eigenvalue weighted by Gasteiger charge is -2.18. The van der Waals surface area contributed by atoms with Crippen molar-refractivity contribution in [1.29, 1.82) is 0 Å². The molecule has 0 spiro atoms. The first-order valence-corrected chi connectivity index (χ1v) is 9.87. The third-order valence-corrected chi connectivity index (χ3v) is 4.86. The number of aryl methyl sites for hydroxylation is 3. The summed E-state index contributed by atoms with van der Waals surface area (Å²) in [6.45, 7) is 3.54. The number of anilines is 1. The van der Waals surface area contributed by atoms with Crippen LogP contribution in [0.5, 0.6) is 17.4 Å². The molecule has 0 radical (unpaired) electrons. The average molecular weight is 441 g/mol. The van der Waals surface area contributed by atoms with Crippen LogP contribution in [0.1, 0.15) is 21.6 Å². The second-order valence-corrected chi connectivity index (χ2v) is 7.50. The minimum absolute atomic E-state index is 0.264. The van der Waals surface area contributed by atoms with Gasteiger partial charge in [0.05, 0.1) is 30.9 Å². The van der Waals surface area contributed by atoms with Crippen LogP contribution in [-0.4, -0.2) is 66.4 Å². The van der Waals surface area contributed by atoms with Crippen molar-refractivity contribution in [2.24, 2.45) is 7.05 Å². The van der Waals surface area contributed by atoms with Crippen molar-refractivity contribution in [1.82, 2.24) is 19.7 Å². The van der Waals surface area contributed by atoms with E-state index in [2.05, 4.69) is 15.4 Å². The topological polar surface area (TPSA) is 108 Å². The summed E-state index contributed by atoms with van der Waals surface area (Å²) in [4.78, 5) is 31.2. The Morgan fingerprint density at radius 3 is 2.38 bits per heavy atom. The number of carbonyl (C=O) groups is 2. The smallest absolute Gasteiger partial charge is 0.262 e. The van der Waals surface area contributed by atoms with Crippen LogP contribution in [-0.2, 0) is 11.8 Å². The fraction of sp³-hybridized carbons (Fsp3) is 0.364. The average Bonchev–Trinajstić information content (AvgIpc) is 3.06. The zero-order valence-corrected chi connectivity index (χ0v) is 19.3. The molecule has 0 aliphatic carbocycles. The Morgan fingerprint density at radius 1 is 1.09 bits per heavy atom. The molecular formula is C22H27N5O5. The van der Waals surface area contributed by atoms with Crippen molar-refractivity contribution >= 4 is 28.5 Å². The Labute approximate surface area is 186 Å². The van der Waals surface area contributed by atoms with Gasteiger partial charge < -0.3 is 24.4 Å². The molecule has 0 atom stereocenters. The maximum absolute atomic E-state index is 12.7. The number of methoxy groups -OCH3 is 2. The van der Waals surface area contributed by atoms with Gasteiger partial charge in [0.1, 0.15) is 0 Å². The van der Waals surface area contributed by atoms with Crippen LogP contribution in [0.3, 0.4) is 0 Å². The number of benzene rings is 1. The molecule has 3 rings (SSSR count). The third-order valence-electron chi connectivity index (χ3n) is 4.86. The number of hydrogen-bond acceptors (Lipinski definition) is 7. The highest BCUT2D eigenvalue weighted by molar-refractivity contribution is 6.04. The zero-order chi connectivity index (χ0) is 23.6. The lowest BCUT2D eigenvalue weighted by molar-refractivity contribution is -0.118. The Bertz CT molecular complexity index is 1190. The van der Waals surface area contributed by atoms with Gasteiger partial charge in [-0.25, -0.2) is 9.67 Å². The van der Waals surface area contributed by atoms with Gasteiger partial charge in [-0.15, -0.1) is 5.10 Å². The number of carbonyl (C=O) groups excluding carboxylic acids is 2. The van der Waals surface area contributed by atoms with Crippen LogP contribution in [0.25, 0.3) is 11.0 Å². The SMILES string of the molecule is COc1cc(NC(=O)COc2nn(C)c3nc(C)cc(C)c23)c(C(=O)N(C)C)cc1OC. The van der Waals surface area contributed by atoms with Crippen molar-refractivity contribution in [3.8, 4) is 17.4 Å². The van der Waals surface area contributed by atoms with Gasteiger partial charge in [0.15, 0.2) is 23.8 Å². The van der Waals surface area contributed by atoms with Crippen molar-refractivity contribution in [2.45, 2.75) is 13.8 Å². The van der Waals surface area contributed by atoms with Crippen LogP contribution in [0.4, 0.5) is 5.69 Å². The summed E-state index contributed by atoms with van der Waals surface area (Å²) >= 11 is 0. The molecule has 0 aliphatic heterocycles. The highest BCUT2D eigenvalue weighted by Crippen LogP contribution is 2.34. The van der Waals surface area contributed by atoms with Crippen LogP contribution < -0.4 is 19.5 Å². The number of ether oxygens (including phenoxy) is 3. The first-order chi connectivity index (χ1) is 15.2. The van der Waals surface area contributed by atoms with E-state index in [1.54, 1.807) is 31.9 Å². The van der Waals surface area contributed by atoms with Gasteiger partial charge in [-0.3, -0.25) is 9.59 Å². The summed E-state index contributed by atoms with van der Waals surface area (Å²) in [5.41, 5.74) is 3.05. The van der Waals surface area contributed by atoms with E-state index in [4.69, 9.17) is 14.2 Å². The lowest BCUT2D eigenvalue weighted by Crippen LogP contribution is -2.26. The summed E-state index contributed by atoms with van der Waals surface area (Å²) in [6, 6.07) is 5.00. The summed E-state index contributed by atoms with van der Waals surface area (Å²) < 4.78 is 17.9. The number of pyridine rings is 1. The summed E-state index contributed by atoms with van der Waals surface area (Å²) in [5.74, 6) is 0.327. The van der Waals surface area contributed by atoms with Crippen molar-refractivity contribution in [3.63, 3.8) is 0 Å². The maximum atomic E-state index is 12.7. The van der Waals surface area contributed by atoms with Gasteiger partial charge in [0.25, 0.3) is 11.8 Å². The molecule has 2 amide bonds. The van der Waals surface area contributed by atoms with E-state index in [-0.39, 0.29) is 23.8 Å². The number of amides is 2. The van der Waals surface area contributed by atoms with E-state index >= 15 is 0 Å². The monoisotopic (exact) mass is 441 g/mol. The summed E-state index contributed by atoms with van der Waals surface area (Å²) in [6.07, 6.45) is 0. The van der Waals surface area contributed by atoms with Crippen LogP contribution >= 0.6 is 0 Å². The Hall–Kier alpha value is -3.82. The minimum Gasteiger partial charge on any atom is -0.493 e. The van der Waals surface area contributed by atoms with Gasteiger partial charge in [-0.2, -0.15) is 0 Å². The van der Waals surface area contributed by atoms with Gasteiger partial charge in [0.2, 0.25) is 5.88 Å². The van der Waals surface area contributed by atoms with Crippen molar-refractivity contribution in [3.05, 3.63) is 35.0 Å². The Morgan fingerprint density at radius 2 is 1.75 bits per heavy atom. The molecule has 1 N–H and O–H groups in total. The second kappa shape index (κ2) is 9.13. The number of hydrogen-bond donors (Lipinski definition) is 1. The maximum Gasteiger partial charge on any atom is 0.262 e. The molecule has 0 saturated heterocycles. The number of fused-ring (bicyclic) bond motifs is 1. The fourth-order valence-electron chi connectivity index (χ4n) is 3.37. The molecule has 3 aromatic rings. The van der Waals surface area contributed by atoms with E-state index in [9.17, 15) is 9.59 Å². The molecule has 0 bridgehead atoms. The van der Waals surface area contributed by atoms with Crippen LogP contribution in [0, 0.1) is 13.8 Å². The first-order valence-electron chi connectivity index (χ1n) is 9.87. The predicted molar refractivity (Wildman–Crippen MR) is 120 cm³/mol. The quantitative estimate of drug-likeness (QED) is 0.599. The molecule has 0 fully saturated rings. The molecule has 1 aromatic carbocycles. The first kappa shape index (κ1) is 22.9. The lowest BCUT2D eigenvalue weighted by atomic mass is 10.1. The molecule has 2 aromatic heterocycles. The fourth-order valence-corrected chi connectivity index (χ4v) is 3.37. The highest BCUT2D eigenvalue weighted by Gasteiger charge is 2.21. The Balaban J connectivity index is 1.85. The van der Waals surface area contributed by atoms with E-state index in [0.717, 1.165) is 16.6 Å². The van der Waals surface area contributed by atoms with Gasteiger partial charge in [-0.05, 0) is 31.5 Å².